The van der Waals surface area contributed by atoms with Gasteiger partial charge in [-0.2, -0.15) is 0 Å². The SMILES string of the molecule is O=S(=O)(CF)C1=CN(C2=CC(C(F)F)C(F)C=C2)C2CCC(F)(F)[C@@H](O)C12. The molecule has 0 amide bonds. The van der Waals surface area contributed by atoms with Crippen LogP contribution in [0.3, 0.4) is 0 Å². The van der Waals surface area contributed by atoms with Crippen LogP contribution in [-0.4, -0.2) is 55.1 Å². The molecule has 3 aliphatic rings. The normalized spacial score (nSPS) is 35.9. The van der Waals surface area contributed by atoms with Crippen molar-refractivity contribution in [3.05, 3.63) is 35.0 Å². The van der Waals surface area contributed by atoms with Gasteiger partial charge in [0.15, 0.2) is 6.01 Å². The smallest absolute Gasteiger partial charge is 0.274 e. The van der Waals surface area contributed by atoms with Crippen LogP contribution in [0.15, 0.2) is 35.0 Å². The molecule has 5 atom stereocenters. The summed E-state index contributed by atoms with van der Waals surface area (Å²) in [5.41, 5.74) is -0.00863. The first kappa shape index (κ1) is 20.2. The topological polar surface area (TPSA) is 57.6 Å². The molecule has 1 heterocycles. The van der Waals surface area contributed by atoms with E-state index in [0.717, 1.165) is 29.3 Å². The first-order valence-electron chi connectivity index (χ1n) is 8.16. The van der Waals surface area contributed by atoms with Gasteiger partial charge in [-0.25, -0.2) is 34.8 Å². The average Bonchev–Trinajstić information content (AvgIpc) is 2.99. The summed E-state index contributed by atoms with van der Waals surface area (Å²) in [5, 5.41) is 10.0. The Morgan fingerprint density at radius 2 is 2.00 bits per heavy atom. The molecule has 1 N–H and O–H groups in total. The van der Waals surface area contributed by atoms with Crippen LogP contribution in [0.2, 0.25) is 0 Å². The number of fused-ring (bicyclic) bond motifs is 1. The Bertz CT molecular complexity index is 794. The van der Waals surface area contributed by atoms with Crippen molar-refractivity contribution in [2.45, 2.75) is 43.5 Å². The molecule has 0 radical (unpaired) electrons. The first-order valence-corrected chi connectivity index (χ1v) is 9.81. The van der Waals surface area contributed by atoms with E-state index in [1.807, 2.05) is 0 Å². The highest BCUT2D eigenvalue weighted by Gasteiger charge is 2.57. The number of hydrogen-bond acceptors (Lipinski definition) is 4. The minimum absolute atomic E-state index is 0.00863. The summed E-state index contributed by atoms with van der Waals surface area (Å²) in [4.78, 5) is 0.427. The fourth-order valence-electron chi connectivity index (χ4n) is 3.78. The van der Waals surface area contributed by atoms with Crippen LogP contribution in [-0.2, 0) is 9.84 Å². The van der Waals surface area contributed by atoms with Crippen molar-refractivity contribution in [1.29, 1.82) is 0 Å². The summed E-state index contributed by atoms with van der Waals surface area (Å²) in [6.45, 7) is 0. The maximum atomic E-state index is 13.9. The minimum atomic E-state index is -4.58. The predicted octanol–water partition coefficient (Wildman–Crippen LogP) is 2.93. The lowest BCUT2D eigenvalue weighted by Crippen LogP contribution is -2.52. The summed E-state index contributed by atoms with van der Waals surface area (Å²) >= 11 is 0. The van der Waals surface area contributed by atoms with E-state index in [1.165, 1.54) is 0 Å². The lowest BCUT2D eigenvalue weighted by molar-refractivity contribution is -0.156. The summed E-state index contributed by atoms with van der Waals surface area (Å²) in [5.74, 6) is -6.97. The molecule has 0 aromatic heterocycles. The van der Waals surface area contributed by atoms with E-state index in [2.05, 4.69) is 0 Å². The summed E-state index contributed by atoms with van der Waals surface area (Å²) in [7, 11) is -4.58. The largest absolute Gasteiger partial charge is 0.386 e. The molecule has 0 aromatic carbocycles. The number of sulfone groups is 1. The zero-order valence-electron chi connectivity index (χ0n) is 13.8. The highest BCUT2D eigenvalue weighted by molar-refractivity contribution is 7.95. The van der Waals surface area contributed by atoms with Gasteiger partial charge in [0.2, 0.25) is 16.3 Å². The van der Waals surface area contributed by atoms with Gasteiger partial charge in [0.25, 0.3) is 5.92 Å². The Labute approximate surface area is 151 Å². The van der Waals surface area contributed by atoms with Crippen molar-refractivity contribution in [3.63, 3.8) is 0 Å². The van der Waals surface area contributed by atoms with Gasteiger partial charge < -0.3 is 10.0 Å². The van der Waals surface area contributed by atoms with Crippen LogP contribution in [0.1, 0.15) is 12.8 Å². The number of nitrogens with zero attached hydrogens (tertiary/aromatic N) is 1. The molecule has 0 aromatic rings. The zero-order valence-corrected chi connectivity index (χ0v) is 14.6. The number of halogens is 6. The Balaban J connectivity index is 2.04. The van der Waals surface area contributed by atoms with Gasteiger partial charge in [0.1, 0.15) is 12.3 Å². The maximum Gasteiger partial charge on any atom is 0.274 e. The quantitative estimate of drug-likeness (QED) is 0.715. The standard InChI is InChI=1S/C16H17F6NO3S/c17-7-27(25,26)12-6-23(8-1-2-10(18)9(5-8)15(19)20)11-3-4-16(21,22)14(24)13(11)12/h1-2,5-6,9-11,13-15,24H,3-4,7H2/t9?,10?,11?,13?,14-/m0/s1. The second-order valence-corrected chi connectivity index (χ2v) is 8.73. The molecule has 0 bridgehead atoms. The second kappa shape index (κ2) is 6.84. The van der Waals surface area contributed by atoms with Gasteiger partial charge in [0.05, 0.1) is 10.8 Å². The van der Waals surface area contributed by atoms with E-state index in [-0.39, 0.29) is 12.1 Å². The van der Waals surface area contributed by atoms with Crippen LogP contribution >= 0.6 is 0 Å². The minimum Gasteiger partial charge on any atom is -0.386 e. The molecular weight excluding hydrogens is 400 g/mol. The Kier molecular flexibility index (Phi) is 5.13. The molecule has 3 rings (SSSR count). The number of aliphatic hydroxyl groups excluding tert-OH is 1. The molecule has 152 valence electrons. The van der Waals surface area contributed by atoms with Crippen molar-refractivity contribution in [2.75, 3.05) is 6.01 Å². The lowest BCUT2D eigenvalue weighted by Gasteiger charge is -2.41. The highest BCUT2D eigenvalue weighted by atomic mass is 32.2. The van der Waals surface area contributed by atoms with Crippen LogP contribution in [0.25, 0.3) is 0 Å². The van der Waals surface area contributed by atoms with Gasteiger partial charge in [-0.15, -0.1) is 0 Å². The Hall–Kier alpha value is -1.49. The summed E-state index contributed by atoms with van der Waals surface area (Å²) < 4.78 is 105. The third kappa shape index (κ3) is 3.39. The molecule has 1 fully saturated rings. The molecule has 0 saturated heterocycles. The monoisotopic (exact) mass is 417 g/mol. The first-order chi connectivity index (χ1) is 12.5. The van der Waals surface area contributed by atoms with Crippen LogP contribution in [0.4, 0.5) is 26.3 Å². The van der Waals surface area contributed by atoms with Gasteiger partial charge in [-0.1, -0.05) is 0 Å². The predicted molar refractivity (Wildman–Crippen MR) is 83.9 cm³/mol. The Morgan fingerprint density at radius 3 is 2.59 bits per heavy atom. The van der Waals surface area contributed by atoms with Crippen molar-refractivity contribution < 1.29 is 39.9 Å². The summed E-state index contributed by atoms with van der Waals surface area (Å²) in [6.07, 6.45) is -4.60. The van der Waals surface area contributed by atoms with Crippen LogP contribution < -0.4 is 0 Å². The number of hydrogen-bond donors (Lipinski definition) is 1. The average molecular weight is 417 g/mol. The number of allylic oxidation sites excluding steroid dienone is 3. The van der Waals surface area contributed by atoms with Gasteiger partial charge in [-0.05, 0) is 24.6 Å². The van der Waals surface area contributed by atoms with E-state index in [4.69, 9.17) is 0 Å². The van der Waals surface area contributed by atoms with Gasteiger partial charge in [-0.3, -0.25) is 0 Å². The number of alkyl halides is 6. The number of aliphatic hydroxyl groups is 1. The highest BCUT2D eigenvalue weighted by Crippen LogP contribution is 2.49. The lowest BCUT2D eigenvalue weighted by atomic mass is 9.80. The third-order valence-electron chi connectivity index (χ3n) is 5.19. The fraction of sp³-hybridized carbons (Fsp3) is 0.625. The van der Waals surface area contributed by atoms with E-state index < -0.39 is 69.7 Å². The Morgan fingerprint density at radius 1 is 1.33 bits per heavy atom. The molecule has 4 nitrogen and oxygen atoms in total. The molecule has 1 saturated carbocycles. The third-order valence-corrected chi connectivity index (χ3v) is 6.57. The van der Waals surface area contributed by atoms with E-state index >= 15 is 0 Å². The molecule has 0 spiro atoms. The second-order valence-electron chi connectivity index (χ2n) is 6.81. The molecule has 11 heteroatoms. The van der Waals surface area contributed by atoms with Gasteiger partial charge in [0, 0.05) is 30.3 Å². The maximum absolute atomic E-state index is 13.9. The molecule has 2 aliphatic carbocycles. The van der Waals surface area contributed by atoms with Gasteiger partial charge >= 0.3 is 0 Å². The zero-order chi connectivity index (χ0) is 20.1. The summed E-state index contributed by atoms with van der Waals surface area (Å²) in [6, 6.07) is -2.85. The van der Waals surface area contributed by atoms with Crippen molar-refractivity contribution >= 4 is 9.84 Å². The molecule has 4 unspecified atom stereocenters. The molecular formula is C16H17F6NO3S. The molecule has 1 aliphatic heterocycles. The van der Waals surface area contributed by atoms with Crippen LogP contribution in [0.5, 0.6) is 0 Å². The number of rotatable bonds is 4. The van der Waals surface area contributed by atoms with Crippen molar-refractivity contribution in [1.82, 2.24) is 4.90 Å². The van der Waals surface area contributed by atoms with E-state index in [0.29, 0.717) is 0 Å². The van der Waals surface area contributed by atoms with Crippen molar-refractivity contribution in [3.8, 4) is 0 Å². The van der Waals surface area contributed by atoms with E-state index in [1.54, 1.807) is 0 Å². The molecule has 27 heavy (non-hydrogen) atoms. The van der Waals surface area contributed by atoms with E-state index in [9.17, 15) is 39.9 Å². The van der Waals surface area contributed by atoms with Crippen LogP contribution in [0, 0.1) is 11.8 Å². The fourth-order valence-corrected chi connectivity index (χ4v) is 4.88. The van der Waals surface area contributed by atoms with Crippen molar-refractivity contribution in [2.24, 2.45) is 11.8 Å².